The van der Waals surface area contributed by atoms with Crippen LogP contribution in [0.2, 0.25) is 5.02 Å². The number of aromatic amines is 1. The monoisotopic (exact) mass is 308 g/mol. The highest BCUT2D eigenvalue weighted by molar-refractivity contribution is 6.32. The van der Waals surface area contributed by atoms with Crippen molar-refractivity contribution >= 4 is 23.2 Å². The van der Waals surface area contributed by atoms with E-state index in [0.29, 0.717) is 22.3 Å². The fourth-order valence-electron chi connectivity index (χ4n) is 1.63. The number of H-pyrrole nitrogens is 1. The lowest BCUT2D eigenvalue weighted by molar-refractivity contribution is 0.101. The lowest BCUT2D eigenvalue weighted by Gasteiger charge is -2.12. The minimum absolute atomic E-state index is 0.0897. The van der Waals surface area contributed by atoms with E-state index in [2.05, 4.69) is 20.5 Å². The van der Waals surface area contributed by atoms with Gasteiger partial charge in [0.2, 0.25) is 5.82 Å². The van der Waals surface area contributed by atoms with Crippen LogP contribution in [0.15, 0.2) is 18.2 Å². The van der Waals surface area contributed by atoms with Gasteiger partial charge in [0.15, 0.2) is 0 Å². The van der Waals surface area contributed by atoms with E-state index in [-0.39, 0.29) is 11.2 Å². The summed E-state index contributed by atoms with van der Waals surface area (Å²) in [5.74, 6) is 0.887. The van der Waals surface area contributed by atoms with Gasteiger partial charge in [-0.3, -0.25) is 9.89 Å². The number of carbonyl (C=O) groups is 1. The van der Waals surface area contributed by atoms with Crippen molar-refractivity contribution in [1.82, 2.24) is 15.2 Å². The molecule has 2 aromatic rings. The third-order valence-electron chi connectivity index (χ3n) is 2.81. The van der Waals surface area contributed by atoms with Gasteiger partial charge in [-0.2, -0.15) is 0 Å². The van der Waals surface area contributed by atoms with Crippen LogP contribution in [0.1, 0.15) is 37.2 Å². The molecule has 112 valence electrons. The topological polar surface area (TPSA) is 79.9 Å². The van der Waals surface area contributed by atoms with Crippen molar-refractivity contribution in [2.24, 2.45) is 0 Å². The van der Waals surface area contributed by atoms with Crippen LogP contribution in [0.4, 0.5) is 5.69 Å². The van der Waals surface area contributed by atoms with E-state index in [9.17, 15) is 4.79 Å². The van der Waals surface area contributed by atoms with Crippen LogP contribution in [-0.2, 0) is 5.41 Å². The van der Waals surface area contributed by atoms with Gasteiger partial charge in [-0.15, -0.1) is 5.10 Å². The van der Waals surface area contributed by atoms with Crippen molar-refractivity contribution in [3.8, 4) is 5.75 Å². The van der Waals surface area contributed by atoms with Crippen LogP contribution in [0, 0.1) is 0 Å². The summed E-state index contributed by atoms with van der Waals surface area (Å²) < 4.78 is 5.06. The molecule has 21 heavy (non-hydrogen) atoms. The minimum atomic E-state index is -0.400. The molecule has 0 aliphatic rings. The molecule has 2 N–H and O–H groups in total. The molecular formula is C14H17ClN4O2. The molecule has 2 rings (SSSR count). The lowest BCUT2D eigenvalue weighted by Crippen LogP contribution is -2.16. The third kappa shape index (κ3) is 3.52. The normalized spacial score (nSPS) is 11.3. The van der Waals surface area contributed by atoms with E-state index in [1.807, 2.05) is 20.8 Å². The molecule has 0 atom stereocenters. The molecule has 0 radical (unpaired) electrons. The predicted octanol–water partition coefficient (Wildman–Crippen LogP) is 3.02. The number of nitrogens with one attached hydrogen (secondary N) is 2. The Bertz CT molecular complexity index is 661. The average Bonchev–Trinajstić information content (AvgIpc) is 2.88. The molecule has 0 bridgehead atoms. The van der Waals surface area contributed by atoms with Crippen molar-refractivity contribution < 1.29 is 9.53 Å². The second-order valence-electron chi connectivity index (χ2n) is 5.56. The number of rotatable bonds is 3. The van der Waals surface area contributed by atoms with Crippen LogP contribution in [-0.4, -0.2) is 28.2 Å². The first-order valence-corrected chi connectivity index (χ1v) is 6.77. The van der Waals surface area contributed by atoms with Crippen LogP contribution >= 0.6 is 11.6 Å². The first kappa shape index (κ1) is 15.3. The summed E-state index contributed by atoms with van der Waals surface area (Å²) in [6, 6.07) is 4.98. The number of amides is 1. The molecule has 7 heteroatoms. The zero-order valence-electron chi connectivity index (χ0n) is 12.3. The van der Waals surface area contributed by atoms with E-state index in [1.54, 1.807) is 18.2 Å². The fourth-order valence-corrected chi connectivity index (χ4v) is 1.89. The first-order chi connectivity index (χ1) is 9.81. The Labute approximate surface area is 127 Å². The predicted molar refractivity (Wildman–Crippen MR) is 81.0 cm³/mol. The minimum Gasteiger partial charge on any atom is -0.495 e. The molecule has 1 aromatic carbocycles. The molecule has 0 unspecified atom stereocenters. The van der Waals surface area contributed by atoms with E-state index in [1.165, 1.54) is 7.11 Å². The first-order valence-electron chi connectivity index (χ1n) is 6.39. The lowest BCUT2D eigenvalue weighted by atomic mass is 9.96. The van der Waals surface area contributed by atoms with Gasteiger partial charge < -0.3 is 10.1 Å². The number of benzene rings is 1. The van der Waals surface area contributed by atoms with E-state index in [4.69, 9.17) is 16.3 Å². The van der Waals surface area contributed by atoms with Crippen LogP contribution < -0.4 is 10.1 Å². The largest absolute Gasteiger partial charge is 0.495 e. The number of hydrogen-bond donors (Lipinski definition) is 2. The van der Waals surface area contributed by atoms with Crippen LogP contribution in [0.3, 0.4) is 0 Å². The molecule has 0 aliphatic heterocycles. The number of ether oxygens (including phenoxy) is 1. The Morgan fingerprint density at radius 2 is 2.10 bits per heavy atom. The zero-order valence-corrected chi connectivity index (χ0v) is 13.1. The third-order valence-corrected chi connectivity index (χ3v) is 3.10. The number of hydrogen-bond acceptors (Lipinski definition) is 4. The Morgan fingerprint density at radius 1 is 1.38 bits per heavy atom. The number of nitrogens with zero attached hydrogens (tertiary/aromatic N) is 2. The highest BCUT2D eigenvalue weighted by atomic mass is 35.5. The Hall–Kier alpha value is -2.08. The fraction of sp³-hybridized carbons (Fsp3) is 0.357. The molecule has 0 saturated heterocycles. The summed E-state index contributed by atoms with van der Waals surface area (Å²) in [5, 5.41) is 9.81. The summed E-state index contributed by atoms with van der Waals surface area (Å²) in [4.78, 5) is 16.3. The molecule has 1 heterocycles. The number of halogens is 1. The van der Waals surface area contributed by atoms with Gasteiger partial charge >= 0.3 is 0 Å². The zero-order chi connectivity index (χ0) is 15.6. The molecule has 0 fully saturated rings. The van der Waals surface area contributed by atoms with Crippen molar-refractivity contribution in [2.45, 2.75) is 26.2 Å². The maximum Gasteiger partial charge on any atom is 0.295 e. The number of aromatic nitrogens is 3. The Kier molecular flexibility index (Phi) is 4.18. The molecular weight excluding hydrogens is 292 g/mol. The van der Waals surface area contributed by atoms with Gasteiger partial charge in [0.1, 0.15) is 11.6 Å². The summed E-state index contributed by atoms with van der Waals surface area (Å²) in [6.07, 6.45) is 0. The number of methoxy groups -OCH3 is 1. The standard InChI is InChI=1S/C14H17ClN4O2/c1-14(2,3)13-17-11(18-19-13)12(20)16-8-5-6-10(21-4)9(15)7-8/h5-7H,1-4H3,(H,16,20)(H,17,18,19). The molecule has 1 amide bonds. The highest BCUT2D eigenvalue weighted by Crippen LogP contribution is 2.27. The van der Waals surface area contributed by atoms with Crippen molar-refractivity contribution in [3.63, 3.8) is 0 Å². The molecule has 0 aliphatic carbocycles. The Morgan fingerprint density at radius 3 is 2.62 bits per heavy atom. The highest BCUT2D eigenvalue weighted by Gasteiger charge is 2.21. The van der Waals surface area contributed by atoms with Gasteiger partial charge in [0.25, 0.3) is 5.91 Å². The SMILES string of the molecule is COc1ccc(NC(=O)c2n[nH]c(C(C)(C)C)n2)cc1Cl. The van der Waals surface area contributed by atoms with Gasteiger partial charge in [-0.1, -0.05) is 32.4 Å². The van der Waals surface area contributed by atoms with Gasteiger partial charge in [-0.25, -0.2) is 4.98 Å². The maximum atomic E-state index is 12.1. The average molecular weight is 309 g/mol. The second-order valence-corrected chi connectivity index (χ2v) is 5.97. The van der Waals surface area contributed by atoms with Gasteiger partial charge in [-0.05, 0) is 18.2 Å². The summed E-state index contributed by atoms with van der Waals surface area (Å²) in [5.41, 5.74) is 0.350. The van der Waals surface area contributed by atoms with E-state index < -0.39 is 5.91 Å². The second kappa shape index (κ2) is 5.73. The molecule has 6 nitrogen and oxygen atoms in total. The van der Waals surface area contributed by atoms with Crippen molar-refractivity contribution in [2.75, 3.05) is 12.4 Å². The van der Waals surface area contributed by atoms with Crippen LogP contribution in [0.5, 0.6) is 5.75 Å². The quantitative estimate of drug-likeness (QED) is 0.913. The summed E-state index contributed by atoms with van der Waals surface area (Å²) in [6.45, 7) is 5.95. The maximum absolute atomic E-state index is 12.1. The van der Waals surface area contributed by atoms with Crippen molar-refractivity contribution in [3.05, 3.63) is 34.9 Å². The smallest absolute Gasteiger partial charge is 0.295 e. The van der Waals surface area contributed by atoms with E-state index >= 15 is 0 Å². The molecule has 0 saturated carbocycles. The summed E-state index contributed by atoms with van der Waals surface area (Å²) in [7, 11) is 1.53. The molecule has 1 aromatic heterocycles. The number of anilines is 1. The van der Waals surface area contributed by atoms with Crippen LogP contribution in [0.25, 0.3) is 0 Å². The Balaban J connectivity index is 2.14. The molecule has 0 spiro atoms. The van der Waals surface area contributed by atoms with Crippen molar-refractivity contribution in [1.29, 1.82) is 0 Å². The van der Waals surface area contributed by atoms with Gasteiger partial charge in [0.05, 0.1) is 12.1 Å². The van der Waals surface area contributed by atoms with Gasteiger partial charge in [0, 0.05) is 11.1 Å². The van der Waals surface area contributed by atoms with E-state index in [0.717, 1.165) is 0 Å². The number of carbonyl (C=O) groups excluding carboxylic acids is 1. The summed E-state index contributed by atoms with van der Waals surface area (Å²) >= 11 is 6.01.